The van der Waals surface area contributed by atoms with Crippen LogP contribution in [-0.4, -0.2) is 17.4 Å². The predicted molar refractivity (Wildman–Crippen MR) is 108 cm³/mol. The van der Waals surface area contributed by atoms with Gasteiger partial charge < -0.3 is 10.2 Å². The van der Waals surface area contributed by atoms with Crippen molar-refractivity contribution < 1.29 is 4.79 Å². The number of para-hydroxylation sites is 1. The maximum Gasteiger partial charge on any atom is 0.259 e. The average molecular weight is 366 g/mol. The third kappa shape index (κ3) is 4.03. The summed E-state index contributed by atoms with van der Waals surface area (Å²) in [4.78, 5) is 18.9. The van der Waals surface area contributed by atoms with E-state index in [0.717, 1.165) is 22.6 Å². The first-order chi connectivity index (χ1) is 12.6. The van der Waals surface area contributed by atoms with Crippen molar-refractivity contribution in [2.75, 3.05) is 16.8 Å². The van der Waals surface area contributed by atoms with E-state index in [1.54, 1.807) is 23.4 Å². The zero-order valence-electron chi connectivity index (χ0n) is 14.7. The van der Waals surface area contributed by atoms with Crippen LogP contribution in [0.1, 0.15) is 22.8 Å². The molecule has 0 aliphatic carbocycles. The van der Waals surface area contributed by atoms with Gasteiger partial charge in [-0.2, -0.15) is 0 Å². The molecule has 0 aliphatic rings. The van der Waals surface area contributed by atoms with Crippen LogP contribution in [0.5, 0.6) is 0 Å². The predicted octanol–water partition coefficient (Wildman–Crippen LogP) is 5.45. The molecule has 3 rings (SSSR count). The number of halogens is 1. The summed E-state index contributed by atoms with van der Waals surface area (Å²) in [5.74, 6) is -0.0855. The molecule has 3 aromatic rings. The monoisotopic (exact) mass is 365 g/mol. The van der Waals surface area contributed by atoms with Gasteiger partial charge in [-0.25, -0.2) is 0 Å². The van der Waals surface area contributed by atoms with Crippen LogP contribution in [0.4, 0.5) is 17.1 Å². The second-order valence-corrected chi connectivity index (χ2v) is 6.37. The molecule has 2 aromatic carbocycles. The third-order valence-electron chi connectivity index (χ3n) is 4.09. The molecule has 0 atom stereocenters. The van der Waals surface area contributed by atoms with Gasteiger partial charge in [0.05, 0.1) is 17.4 Å². The highest BCUT2D eigenvalue weighted by atomic mass is 35.5. The number of benzene rings is 2. The fourth-order valence-corrected chi connectivity index (χ4v) is 2.89. The first-order valence-corrected chi connectivity index (χ1v) is 8.81. The Balaban J connectivity index is 1.86. The highest BCUT2D eigenvalue weighted by Crippen LogP contribution is 2.25. The number of aromatic nitrogens is 1. The van der Waals surface area contributed by atoms with Crippen LogP contribution < -0.4 is 10.2 Å². The second-order valence-electron chi connectivity index (χ2n) is 5.93. The van der Waals surface area contributed by atoms with E-state index in [1.807, 2.05) is 62.4 Å². The van der Waals surface area contributed by atoms with Gasteiger partial charge in [0.1, 0.15) is 0 Å². The number of pyridine rings is 1. The minimum absolute atomic E-state index is 0.0855. The van der Waals surface area contributed by atoms with Crippen molar-refractivity contribution in [1.29, 1.82) is 0 Å². The Labute approximate surface area is 158 Å². The molecule has 0 bridgehead atoms. The third-order valence-corrected chi connectivity index (χ3v) is 4.33. The number of amides is 1. The molecule has 0 fully saturated rings. The number of carbonyl (C=O) groups excluding carboxylic acids is 1. The fraction of sp³-hybridized carbons (Fsp3) is 0.143. The van der Waals surface area contributed by atoms with Gasteiger partial charge in [-0.15, -0.1) is 0 Å². The van der Waals surface area contributed by atoms with Crippen LogP contribution in [-0.2, 0) is 0 Å². The number of carbonyl (C=O) groups is 1. The molecule has 26 heavy (non-hydrogen) atoms. The van der Waals surface area contributed by atoms with Crippen LogP contribution in [0.15, 0.2) is 67.0 Å². The first-order valence-electron chi connectivity index (χ1n) is 8.43. The summed E-state index contributed by atoms with van der Waals surface area (Å²) < 4.78 is 0. The molecule has 1 amide bonds. The van der Waals surface area contributed by atoms with Gasteiger partial charge in [0.2, 0.25) is 0 Å². The van der Waals surface area contributed by atoms with Crippen molar-refractivity contribution in [3.05, 3.63) is 83.1 Å². The van der Waals surface area contributed by atoms with Gasteiger partial charge in [-0.05, 0) is 49.7 Å². The zero-order valence-corrected chi connectivity index (χ0v) is 15.5. The van der Waals surface area contributed by atoms with Gasteiger partial charge in [-0.3, -0.25) is 9.78 Å². The van der Waals surface area contributed by atoms with E-state index in [4.69, 9.17) is 11.6 Å². The molecule has 0 unspecified atom stereocenters. The van der Waals surface area contributed by atoms with E-state index < -0.39 is 0 Å². The maximum atomic E-state index is 12.9. The normalized spacial score (nSPS) is 10.4. The number of rotatable bonds is 5. The minimum atomic E-state index is -0.0855. The Morgan fingerprint density at radius 2 is 1.88 bits per heavy atom. The van der Waals surface area contributed by atoms with Gasteiger partial charge >= 0.3 is 0 Å². The molecule has 1 N–H and O–H groups in total. The number of hydrogen-bond acceptors (Lipinski definition) is 3. The number of nitrogens with one attached hydrogen (secondary N) is 1. The van der Waals surface area contributed by atoms with Gasteiger partial charge in [0, 0.05) is 29.1 Å². The SMILES string of the molecule is CCN(C(=O)c1cncc(Nc2cc(Cl)ccc2C)c1)c1ccccc1. The maximum absolute atomic E-state index is 12.9. The van der Waals surface area contributed by atoms with Crippen LogP contribution in [0.2, 0.25) is 5.02 Å². The molecule has 5 heteroatoms. The molecule has 1 aromatic heterocycles. The smallest absolute Gasteiger partial charge is 0.259 e. The number of hydrogen-bond donors (Lipinski definition) is 1. The first kappa shape index (κ1) is 18.0. The summed E-state index contributed by atoms with van der Waals surface area (Å²) in [5.41, 5.74) is 4.08. The summed E-state index contributed by atoms with van der Waals surface area (Å²) in [6.07, 6.45) is 3.28. The highest BCUT2D eigenvalue weighted by Gasteiger charge is 2.16. The van der Waals surface area contributed by atoms with E-state index in [2.05, 4.69) is 10.3 Å². The summed E-state index contributed by atoms with van der Waals surface area (Å²) in [6, 6.07) is 17.1. The van der Waals surface area contributed by atoms with E-state index in [1.165, 1.54) is 0 Å². The molecular weight excluding hydrogens is 346 g/mol. The van der Waals surface area contributed by atoms with Crippen molar-refractivity contribution in [3.8, 4) is 0 Å². The Morgan fingerprint density at radius 1 is 1.12 bits per heavy atom. The van der Waals surface area contributed by atoms with E-state index in [-0.39, 0.29) is 5.91 Å². The molecular formula is C21H20ClN3O. The Morgan fingerprint density at radius 3 is 2.62 bits per heavy atom. The lowest BCUT2D eigenvalue weighted by Gasteiger charge is -2.21. The molecule has 0 aliphatic heterocycles. The molecule has 132 valence electrons. The summed E-state index contributed by atoms with van der Waals surface area (Å²) in [5, 5.41) is 3.94. The topological polar surface area (TPSA) is 45.2 Å². The van der Waals surface area contributed by atoms with Crippen molar-refractivity contribution in [2.24, 2.45) is 0 Å². The van der Waals surface area contributed by atoms with Crippen LogP contribution in [0, 0.1) is 6.92 Å². The molecule has 0 spiro atoms. The van der Waals surface area contributed by atoms with Crippen molar-refractivity contribution in [3.63, 3.8) is 0 Å². The van der Waals surface area contributed by atoms with Crippen LogP contribution in [0.25, 0.3) is 0 Å². The lowest BCUT2D eigenvalue weighted by atomic mass is 10.1. The molecule has 0 saturated carbocycles. The zero-order chi connectivity index (χ0) is 18.5. The number of nitrogens with zero attached hydrogens (tertiary/aromatic N) is 2. The standard InChI is InChI=1S/C21H20ClN3O/c1-3-25(19-7-5-4-6-8-19)21(26)16-11-18(14-23-13-16)24-20-12-17(22)10-9-15(20)2/h4-14,24H,3H2,1-2H3. The Hall–Kier alpha value is -2.85. The molecule has 0 saturated heterocycles. The number of anilines is 3. The van der Waals surface area contributed by atoms with Crippen molar-refractivity contribution in [2.45, 2.75) is 13.8 Å². The van der Waals surface area contributed by atoms with Crippen molar-refractivity contribution >= 4 is 34.6 Å². The fourth-order valence-electron chi connectivity index (χ4n) is 2.72. The number of aryl methyl sites for hydroxylation is 1. The van der Waals surface area contributed by atoms with Crippen LogP contribution >= 0.6 is 11.6 Å². The van der Waals surface area contributed by atoms with Gasteiger partial charge in [-0.1, -0.05) is 35.9 Å². The quantitative estimate of drug-likeness (QED) is 0.653. The minimum Gasteiger partial charge on any atom is -0.354 e. The summed E-state index contributed by atoms with van der Waals surface area (Å²) in [6.45, 7) is 4.53. The van der Waals surface area contributed by atoms with E-state index >= 15 is 0 Å². The van der Waals surface area contributed by atoms with Gasteiger partial charge in [0.25, 0.3) is 5.91 Å². The molecule has 4 nitrogen and oxygen atoms in total. The summed E-state index contributed by atoms with van der Waals surface area (Å²) in [7, 11) is 0. The largest absolute Gasteiger partial charge is 0.354 e. The van der Waals surface area contributed by atoms with E-state index in [0.29, 0.717) is 17.1 Å². The lowest BCUT2D eigenvalue weighted by Crippen LogP contribution is -2.30. The van der Waals surface area contributed by atoms with Crippen LogP contribution in [0.3, 0.4) is 0 Å². The average Bonchev–Trinajstić information content (AvgIpc) is 2.66. The van der Waals surface area contributed by atoms with E-state index in [9.17, 15) is 4.79 Å². The molecule has 1 heterocycles. The summed E-state index contributed by atoms with van der Waals surface area (Å²) >= 11 is 6.08. The van der Waals surface area contributed by atoms with Crippen molar-refractivity contribution in [1.82, 2.24) is 4.98 Å². The Bertz CT molecular complexity index is 912. The second kappa shape index (κ2) is 8.02. The van der Waals surface area contributed by atoms with Gasteiger partial charge in [0.15, 0.2) is 0 Å². The highest BCUT2D eigenvalue weighted by molar-refractivity contribution is 6.30. The Kier molecular flexibility index (Phi) is 5.54. The lowest BCUT2D eigenvalue weighted by molar-refractivity contribution is 0.0988. The molecule has 0 radical (unpaired) electrons.